The second-order valence-corrected chi connectivity index (χ2v) is 9.33. The van der Waals surface area contributed by atoms with E-state index in [0.717, 1.165) is 0 Å². The van der Waals surface area contributed by atoms with Crippen LogP contribution in [0.25, 0.3) is 9.95 Å². The predicted octanol–water partition coefficient (Wildman–Crippen LogP) is 2.22. The molecular formula is C8H12HgN4O4+2. The molecule has 0 radical (unpaired) electrons. The molecule has 0 aliphatic heterocycles. The van der Waals surface area contributed by atoms with E-state index in [1.807, 2.05) is 0 Å². The number of nitrogens with zero attached hydrogens (tertiary/aromatic N) is 4. The first-order valence-corrected chi connectivity index (χ1v) is 10.4. The minimum absolute atomic E-state index is 0.0779. The summed E-state index contributed by atoms with van der Waals surface area (Å²) in [6.07, 6.45) is 0. The molecule has 0 bridgehead atoms. The molecule has 0 aromatic carbocycles. The van der Waals surface area contributed by atoms with Crippen molar-refractivity contribution in [2.75, 3.05) is 13.2 Å². The van der Waals surface area contributed by atoms with Crippen molar-refractivity contribution in [3.05, 3.63) is 28.3 Å². The second kappa shape index (κ2) is 8.59. The van der Waals surface area contributed by atoms with Gasteiger partial charge < -0.3 is 0 Å². The zero-order valence-electron chi connectivity index (χ0n) is 9.62. The molecule has 8 nitrogen and oxygen atoms in total. The molecule has 0 amide bonds. The van der Waals surface area contributed by atoms with Gasteiger partial charge in [0.1, 0.15) is 0 Å². The molecular weight excluding hydrogens is 417 g/mol. The molecule has 0 fully saturated rings. The zero-order chi connectivity index (χ0) is 13.3. The number of diazo groups is 2. The normalized spacial score (nSPS) is 12.2. The molecule has 0 atom stereocenters. The Morgan fingerprint density at radius 2 is 1.35 bits per heavy atom. The molecule has 17 heavy (non-hydrogen) atoms. The van der Waals surface area contributed by atoms with Crippen LogP contribution in [0.15, 0.2) is 18.3 Å². The van der Waals surface area contributed by atoms with Gasteiger partial charge in [-0.1, -0.05) is 0 Å². The van der Waals surface area contributed by atoms with Crippen molar-refractivity contribution in [2.24, 2.45) is 0 Å². The summed E-state index contributed by atoms with van der Waals surface area (Å²) in [4.78, 5) is 5.74. The van der Waals surface area contributed by atoms with E-state index in [-0.39, 0.29) is 19.6 Å². The van der Waals surface area contributed by atoms with Crippen molar-refractivity contribution in [1.82, 2.24) is 0 Å². The van der Waals surface area contributed by atoms with Gasteiger partial charge in [0.2, 0.25) is 0 Å². The molecule has 9 heteroatoms. The number of aliphatic hydroxyl groups is 2. The van der Waals surface area contributed by atoms with Crippen molar-refractivity contribution in [1.29, 1.82) is 10.8 Å². The van der Waals surface area contributed by atoms with Gasteiger partial charge in [-0.25, -0.2) is 0 Å². The van der Waals surface area contributed by atoms with Crippen LogP contribution in [0.5, 0.6) is 0 Å². The number of ether oxygens (including phenoxy) is 2. The van der Waals surface area contributed by atoms with Crippen LogP contribution in [0, 0.1) is 10.8 Å². The molecule has 0 rings (SSSR count). The number of aliphatic hydroxyl groups excluding tert-OH is 2. The van der Waals surface area contributed by atoms with E-state index < -0.39 is 36.5 Å². The molecule has 88 valence electrons. The Kier molecular flexibility index (Phi) is 7.81. The summed E-state index contributed by atoms with van der Waals surface area (Å²) in [5.41, 5.74) is 0. The fraction of sp³-hybridized carbons (Fsp3) is 0.500. The van der Waals surface area contributed by atoms with Gasteiger partial charge in [0.25, 0.3) is 0 Å². The minimum atomic E-state index is -2.54. The molecule has 0 aromatic heterocycles. The van der Waals surface area contributed by atoms with Gasteiger partial charge in [0, 0.05) is 0 Å². The predicted molar refractivity (Wildman–Crippen MR) is 52.7 cm³/mol. The van der Waals surface area contributed by atoms with Crippen LogP contribution in [0.1, 0.15) is 13.8 Å². The van der Waals surface area contributed by atoms with E-state index in [4.69, 9.17) is 20.3 Å². The van der Waals surface area contributed by atoms with Crippen LogP contribution in [-0.4, -0.2) is 23.4 Å². The van der Waals surface area contributed by atoms with E-state index in [1.54, 1.807) is 13.8 Å². The average molecular weight is 429 g/mol. The fourth-order valence-corrected chi connectivity index (χ4v) is 4.66. The third-order valence-electron chi connectivity index (χ3n) is 1.63. The van der Waals surface area contributed by atoms with Gasteiger partial charge in [-0.15, -0.1) is 0 Å². The molecule has 0 aliphatic carbocycles. The molecule has 0 saturated heterocycles. The number of rotatable bonds is 6. The molecule has 0 aromatic rings. The Morgan fingerprint density at radius 1 is 1.00 bits per heavy atom. The summed E-state index contributed by atoms with van der Waals surface area (Å²) in [6, 6.07) is 0. The number of hydrogen-bond acceptors (Lipinski definition) is 6. The third-order valence-corrected chi connectivity index (χ3v) is 7.69. The van der Waals surface area contributed by atoms with Gasteiger partial charge in [-0.3, -0.25) is 0 Å². The second-order valence-electron chi connectivity index (χ2n) is 2.75. The topological polar surface area (TPSA) is 115 Å². The van der Waals surface area contributed by atoms with Gasteiger partial charge in [-0.2, -0.15) is 0 Å². The average Bonchev–Trinajstić information content (AvgIpc) is 2.31. The maximum absolute atomic E-state index is 9.36. The van der Waals surface area contributed by atoms with Gasteiger partial charge in [-0.05, 0) is 0 Å². The summed E-state index contributed by atoms with van der Waals surface area (Å²) in [7, 11) is 0. The summed E-state index contributed by atoms with van der Waals surface area (Å²) in [5, 5.41) is 36.1. The van der Waals surface area contributed by atoms with Crippen LogP contribution in [0.3, 0.4) is 0 Å². The standard InChI is InChI=1S/2C4H6N2O2.Hg/c2*1-2-8-4(7)3-6-5;/h2*7H,2H2,1H3;/q2*+1;. The number of hydrogen-bond donors (Lipinski definition) is 2. The summed E-state index contributed by atoms with van der Waals surface area (Å²) >= 11 is -2.54. The van der Waals surface area contributed by atoms with Crippen LogP contribution >= 0.6 is 0 Å². The van der Waals surface area contributed by atoms with Crippen molar-refractivity contribution >= 4 is 0 Å². The van der Waals surface area contributed by atoms with E-state index in [2.05, 4.69) is 9.95 Å². The third kappa shape index (κ3) is 5.36. The maximum atomic E-state index is 9.36. The Labute approximate surface area is 110 Å². The Balaban J connectivity index is 5.03. The van der Waals surface area contributed by atoms with Crippen molar-refractivity contribution in [2.45, 2.75) is 13.8 Å². The first-order valence-electron chi connectivity index (χ1n) is 4.90. The Bertz CT molecular complexity index is 369. The van der Waals surface area contributed by atoms with Crippen LogP contribution in [0.4, 0.5) is 0 Å². The summed E-state index contributed by atoms with van der Waals surface area (Å²) in [5.74, 6) is -1.05. The fourth-order valence-electron chi connectivity index (χ4n) is 0.906. The van der Waals surface area contributed by atoms with Gasteiger partial charge >= 0.3 is 110 Å². The van der Waals surface area contributed by atoms with E-state index >= 15 is 0 Å². The molecule has 0 spiro atoms. The van der Waals surface area contributed by atoms with E-state index in [0.29, 0.717) is 0 Å². The van der Waals surface area contributed by atoms with Gasteiger partial charge in [0.05, 0.1) is 0 Å². The first-order chi connectivity index (χ1) is 8.10. The summed E-state index contributed by atoms with van der Waals surface area (Å²) < 4.78 is 9.34. The van der Waals surface area contributed by atoms with E-state index in [1.165, 1.54) is 0 Å². The van der Waals surface area contributed by atoms with Gasteiger partial charge in [0.15, 0.2) is 0 Å². The molecule has 0 unspecified atom stereocenters. The van der Waals surface area contributed by atoms with Crippen molar-refractivity contribution in [3.63, 3.8) is 0 Å². The first kappa shape index (κ1) is 15.5. The van der Waals surface area contributed by atoms with Crippen LogP contribution in [0.2, 0.25) is 0 Å². The molecule has 2 N–H and O–H groups in total. The van der Waals surface area contributed by atoms with Crippen LogP contribution in [-0.2, 0) is 34.0 Å². The zero-order valence-corrected chi connectivity index (χ0v) is 15.1. The SMILES string of the molecule is CCOC(O)=[C]([N+]#N)[Hg][C]([N+]#N)=C(O)OCC. The van der Waals surface area contributed by atoms with Crippen molar-refractivity contribution in [3.8, 4) is 0 Å². The Morgan fingerprint density at radius 3 is 1.59 bits per heavy atom. The molecule has 0 heterocycles. The van der Waals surface area contributed by atoms with Crippen molar-refractivity contribution < 1.29 is 44.3 Å². The monoisotopic (exact) mass is 430 g/mol. The van der Waals surface area contributed by atoms with E-state index in [9.17, 15) is 10.2 Å². The van der Waals surface area contributed by atoms with Crippen LogP contribution < -0.4 is 0 Å². The molecule has 0 aliphatic rings. The summed E-state index contributed by atoms with van der Waals surface area (Å²) in [6.45, 7) is 3.69. The quantitative estimate of drug-likeness (QED) is 0.381. The Hall–Kier alpha value is -1.54. The molecule has 0 saturated carbocycles.